The summed E-state index contributed by atoms with van der Waals surface area (Å²) >= 11 is 0. The summed E-state index contributed by atoms with van der Waals surface area (Å²) in [6, 6.07) is 4.21. The number of carboxylic acids is 1. The van der Waals surface area contributed by atoms with E-state index < -0.39 is 5.97 Å². The third-order valence-electron chi connectivity index (χ3n) is 2.96. The number of hydrogen-bond donors (Lipinski definition) is 3. The second-order valence-electron chi connectivity index (χ2n) is 5.14. The van der Waals surface area contributed by atoms with Gasteiger partial charge >= 0.3 is 5.97 Å². The number of anilines is 1. The predicted molar refractivity (Wildman–Crippen MR) is 75.8 cm³/mol. The topological polar surface area (TPSA) is 102 Å². The van der Waals surface area contributed by atoms with Crippen LogP contribution in [0.1, 0.15) is 37.6 Å². The molecule has 110 valence electrons. The Labute approximate surface area is 117 Å². The van der Waals surface area contributed by atoms with Crippen molar-refractivity contribution in [3.05, 3.63) is 23.8 Å². The molecule has 0 aliphatic carbocycles. The Morgan fingerprint density at radius 1 is 1.40 bits per heavy atom. The van der Waals surface area contributed by atoms with Gasteiger partial charge in [0.25, 0.3) is 5.91 Å². The average molecular weight is 280 g/mol. The van der Waals surface area contributed by atoms with Gasteiger partial charge in [0.05, 0.1) is 0 Å². The molecule has 0 heterocycles. The van der Waals surface area contributed by atoms with Gasteiger partial charge in [-0.05, 0) is 32.4 Å². The van der Waals surface area contributed by atoms with Gasteiger partial charge in [0.2, 0.25) is 0 Å². The molecule has 20 heavy (non-hydrogen) atoms. The van der Waals surface area contributed by atoms with Gasteiger partial charge in [-0.25, -0.2) is 4.79 Å². The van der Waals surface area contributed by atoms with Crippen molar-refractivity contribution in [2.24, 2.45) is 0 Å². The molecule has 0 aliphatic rings. The number of amides is 1. The number of nitrogen functional groups attached to an aromatic ring is 1. The lowest BCUT2D eigenvalue weighted by Gasteiger charge is -2.24. The number of aromatic carboxylic acids is 1. The highest BCUT2D eigenvalue weighted by Gasteiger charge is 2.19. The second-order valence-corrected chi connectivity index (χ2v) is 5.14. The first kappa shape index (κ1) is 15.8. The maximum Gasteiger partial charge on any atom is 0.339 e. The van der Waals surface area contributed by atoms with E-state index >= 15 is 0 Å². The zero-order chi connectivity index (χ0) is 15.3. The first-order chi connectivity index (χ1) is 9.25. The van der Waals surface area contributed by atoms with Crippen LogP contribution in [0.3, 0.4) is 0 Å². The van der Waals surface area contributed by atoms with E-state index in [0.29, 0.717) is 5.69 Å². The van der Waals surface area contributed by atoms with E-state index in [0.717, 1.165) is 6.42 Å². The molecule has 1 aromatic carbocycles. The number of ether oxygens (including phenoxy) is 1. The molecule has 0 fully saturated rings. The number of nitrogens with two attached hydrogens (primary N) is 1. The van der Waals surface area contributed by atoms with Crippen LogP contribution >= 0.6 is 0 Å². The highest BCUT2D eigenvalue weighted by atomic mass is 16.5. The summed E-state index contributed by atoms with van der Waals surface area (Å²) in [6.45, 7) is 5.50. The van der Waals surface area contributed by atoms with Crippen molar-refractivity contribution in [1.82, 2.24) is 5.32 Å². The number of carboxylic acid groups (broad SMARTS) is 1. The fourth-order valence-corrected chi connectivity index (χ4v) is 1.48. The van der Waals surface area contributed by atoms with Crippen molar-refractivity contribution in [2.45, 2.75) is 32.7 Å². The van der Waals surface area contributed by atoms with Crippen LogP contribution in [-0.4, -0.2) is 29.1 Å². The smallest absolute Gasteiger partial charge is 0.339 e. The number of hydrogen-bond acceptors (Lipinski definition) is 4. The lowest BCUT2D eigenvalue weighted by molar-refractivity contribution is -0.124. The van der Waals surface area contributed by atoms with Crippen LogP contribution in [-0.2, 0) is 4.79 Å². The molecule has 0 unspecified atom stereocenters. The van der Waals surface area contributed by atoms with Crippen LogP contribution in [0, 0.1) is 0 Å². The third-order valence-corrected chi connectivity index (χ3v) is 2.96. The molecule has 0 aromatic heterocycles. The van der Waals surface area contributed by atoms with Crippen LogP contribution in [0.5, 0.6) is 5.75 Å². The fraction of sp³-hybridized carbons (Fsp3) is 0.429. The Morgan fingerprint density at radius 3 is 2.60 bits per heavy atom. The second kappa shape index (κ2) is 6.27. The van der Waals surface area contributed by atoms with Crippen LogP contribution in [0.4, 0.5) is 5.69 Å². The minimum absolute atomic E-state index is 0.0262. The van der Waals surface area contributed by atoms with E-state index in [4.69, 9.17) is 15.6 Å². The van der Waals surface area contributed by atoms with Crippen LogP contribution < -0.4 is 15.8 Å². The van der Waals surface area contributed by atoms with Gasteiger partial charge < -0.3 is 20.9 Å². The zero-order valence-electron chi connectivity index (χ0n) is 11.9. The fourth-order valence-electron chi connectivity index (χ4n) is 1.48. The number of rotatable bonds is 6. The Hall–Kier alpha value is -2.24. The summed E-state index contributed by atoms with van der Waals surface area (Å²) in [5, 5.41) is 11.8. The highest BCUT2D eigenvalue weighted by Crippen LogP contribution is 2.21. The number of benzene rings is 1. The standard InChI is InChI=1S/C14H20N2O4/c1-4-14(2,3)16-12(17)8-20-11-7-9(15)5-6-10(11)13(18)19/h5-7H,4,8,15H2,1-3H3,(H,16,17)(H,18,19). The maximum atomic E-state index is 11.7. The molecule has 0 bridgehead atoms. The van der Waals surface area contributed by atoms with E-state index in [9.17, 15) is 9.59 Å². The largest absolute Gasteiger partial charge is 0.483 e. The first-order valence-electron chi connectivity index (χ1n) is 6.32. The Kier molecular flexibility index (Phi) is 4.96. The molecular formula is C14H20N2O4. The molecular weight excluding hydrogens is 260 g/mol. The minimum atomic E-state index is -1.13. The summed E-state index contributed by atoms with van der Waals surface area (Å²) in [5.41, 5.74) is 5.60. The molecule has 0 aliphatic heterocycles. The summed E-state index contributed by atoms with van der Waals surface area (Å²) in [5.74, 6) is -1.35. The lowest BCUT2D eigenvalue weighted by Crippen LogP contribution is -2.44. The lowest BCUT2D eigenvalue weighted by atomic mass is 10.0. The van der Waals surface area contributed by atoms with Crippen molar-refractivity contribution in [3.63, 3.8) is 0 Å². The molecule has 0 spiro atoms. The van der Waals surface area contributed by atoms with Crippen molar-refractivity contribution >= 4 is 17.6 Å². The first-order valence-corrected chi connectivity index (χ1v) is 6.32. The Morgan fingerprint density at radius 2 is 2.05 bits per heavy atom. The maximum absolute atomic E-state index is 11.7. The normalized spacial score (nSPS) is 10.9. The molecule has 1 aromatic rings. The van der Waals surface area contributed by atoms with Gasteiger partial charge in [0, 0.05) is 17.3 Å². The number of nitrogens with one attached hydrogen (secondary N) is 1. The van der Waals surface area contributed by atoms with E-state index in [-0.39, 0.29) is 29.4 Å². The van der Waals surface area contributed by atoms with Crippen molar-refractivity contribution in [1.29, 1.82) is 0 Å². The highest BCUT2D eigenvalue weighted by molar-refractivity contribution is 5.91. The van der Waals surface area contributed by atoms with E-state index in [1.165, 1.54) is 18.2 Å². The zero-order valence-corrected chi connectivity index (χ0v) is 11.9. The average Bonchev–Trinajstić information content (AvgIpc) is 2.35. The van der Waals surface area contributed by atoms with Crippen molar-refractivity contribution < 1.29 is 19.4 Å². The van der Waals surface area contributed by atoms with Gasteiger partial charge in [-0.3, -0.25) is 4.79 Å². The summed E-state index contributed by atoms with van der Waals surface area (Å²) in [7, 11) is 0. The van der Waals surface area contributed by atoms with Crippen molar-refractivity contribution in [2.75, 3.05) is 12.3 Å². The molecule has 1 rings (SSSR count). The molecule has 0 saturated carbocycles. The van der Waals surface area contributed by atoms with E-state index in [2.05, 4.69) is 5.32 Å². The summed E-state index contributed by atoms with van der Waals surface area (Å²) in [4.78, 5) is 22.8. The van der Waals surface area contributed by atoms with E-state index in [1.54, 1.807) is 0 Å². The van der Waals surface area contributed by atoms with Crippen LogP contribution in [0.25, 0.3) is 0 Å². The minimum Gasteiger partial charge on any atom is -0.483 e. The van der Waals surface area contributed by atoms with E-state index in [1.807, 2.05) is 20.8 Å². The number of carbonyl (C=O) groups is 2. The molecule has 0 radical (unpaired) electrons. The molecule has 0 saturated heterocycles. The van der Waals surface area contributed by atoms with Gasteiger partial charge in [-0.15, -0.1) is 0 Å². The predicted octanol–water partition coefficient (Wildman–Crippen LogP) is 1.65. The van der Waals surface area contributed by atoms with Gasteiger partial charge in [-0.1, -0.05) is 6.92 Å². The monoisotopic (exact) mass is 280 g/mol. The molecule has 6 heteroatoms. The quantitative estimate of drug-likeness (QED) is 0.688. The van der Waals surface area contributed by atoms with Crippen LogP contribution in [0.2, 0.25) is 0 Å². The van der Waals surface area contributed by atoms with Gasteiger partial charge in [0.1, 0.15) is 11.3 Å². The van der Waals surface area contributed by atoms with Gasteiger partial charge in [-0.2, -0.15) is 0 Å². The molecule has 1 amide bonds. The molecule has 4 N–H and O–H groups in total. The summed E-state index contributed by atoms with van der Waals surface area (Å²) < 4.78 is 5.26. The SMILES string of the molecule is CCC(C)(C)NC(=O)COc1cc(N)ccc1C(=O)O. The van der Waals surface area contributed by atoms with Gasteiger partial charge in [0.15, 0.2) is 6.61 Å². The number of carbonyl (C=O) groups excluding carboxylic acids is 1. The van der Waals surface area contributed by atoms with Crippen LogP contribution in [0.15, 0.2) is 18.2 Å². The molecule has 0 atom stereocenters. The summed E-state index contributed by atoms with van der Waals surface area (Å²) in [6.07, 6.45) is 0.775. The Bertz CT molecular complexity index is 512. The Balaban J connectivity index is 2.73. The van der Waals surface area contributed by atoms with Crippen molar-refractivity contribution in [3.8, 4) is 5.75 Å². The third kappa shape index (κ3) is 4.46. The molecule has 6 nitrogen and oxygen atoms in total.